The average molecular weight is 478 g/mol. The van der Waals surface area contributed by atoms with Gasteiger partial charge in [0, 0.05) is 36.2 Å². The third-order valence-electron chi connectivity index (χ3n) is 7.17. The first-order valence-electron chi connectivity index (χ1n) is 12.2. The fraction of sp³-hybridized carbons (Fsp3) is 0.444. The van der Waals surface area contributed by atoms with Crippen molar-refractivity contribution in [1.29, 1.82) is 0 Å². The zero-order valence-corrected chi connectivity index (χ0v) is 20.2. The summed E-state index contributed by atoms with van der Waals surface area (Å²) in [7, 11) is 0. The van der Waals surface area contributed by atoms with E-state index in [1.165, 1.54) is 5.56 Å². The number of rotatable bonds is 6. The molecule has 184 valence electrons. The summed E-state index contributed by atoms with van der Waals surface area (Å²) in [5.41, 5.74) is 3.63. The molecule has 0 bridgehead atoms. The number of carbonyl (C=O) groups is 3. The van der Waals surface area contributed by atoms with Gasteiger partial charge in [0.2, 0.25) is 11.8 Å². The van der Waals surface area contributed by atoms with Crippen LogP contribution >= 0.6 is 0 Å². The second kappa shape index (κ2) is 9.79. The molecule has 0 aromatic heterocycles. The Bertz CT molecular complexity index is 1120. The van der Waals surface area contributed by atoms with Crippen molar-refractivity contribution < 1.29 is 23.9 Å². The van der Waals surface area contributed by atoms with E-state index in [0.717, 1.165) is 30.9 Å². The summed E-state index contributed by atoms with van der Waals surface area (Å²) in [6, 6.07) is 14.0. The standard InChI is InChI=1S/C27H31N3O5/c1-17-14-34-15-18(2)29(17)12-19-6-8-20(9-7-19)16-35-24-5-3-4-21-22(24)13-30(27(21)33)23-10-11-25(31)28-26(23)32/h3-9,17-18,23H,10-16H2,1-2H3,(H,28,31,32)/t17-,18-,23-/m0/s1. The van der Waals surface area contributed by atoms with Crippen molar-refractivity contribution in [3.63, 3.8) is 0 Å². The SMILES string of the molecule is C[C@H]1COC[C@H](C)N1Cc1ccc(COc2cccc3c2CN([C@H]2CCC(=O)NC2=O)C3=O)cc1. The Morgan fingerprint density at radius 3 is 2.43 bits per heavy atom. The number of amides is 3. The zero-order valence-electron chi connectivity index (χ0n) is 20.2. The fourth-order valence-electron chi connectivity index (χ4n) is 5.15. The Hall–Kier alpha value is -3.23. The maximum Gasteiger partial charge on any atom is 0.255 e. The number of piperidine rings is 1. The van der Waals surface area contributed by atoms with Gasteiger partial charge in [-0.3, -0.25) is 24.6 Å². The molecule has 35 heavy (non-hydrogen) atoms. The van der Waals surface area contributed by atoms with E-state index in [-0.39, 0.29) is 18.2 Å². The smallest absolute Gasteiger partial charge is 0.255 e. The number of hydrogen-bond donors (Lipinski definition) is 1. The number of imide groups is 1. The number of hydrogen-bond acceptors (Lipinski definition) is 6. The second-order valence-electron chi connectivity index (χ2n) is 9.70. The highest BCUT2D eigenvalue weighted by molar-refractivity contribution is 6.05. The van der Waals surface area contributed by atoms with Crippen LogP contribution in [0.1, 0.15) is 53.7 Å². The van der Waals surface area contributed by atoms with Crippen LogP contribution in [0.4, 0.5) is 0 Å². The lowest BCUT2D eigenvalue weighted by Gasteiger charge is -2.38. The first-order chi connectivity index (χ1) is 16.9. The molecule has 8 heteroatoms. The number of benzene rings is 2. The Morgan fingerprint density at radius 2 is 1.71 bits per heavy atom. The van der Waals surface area contributed by atoms with E-state index < -0.39 is 11.9 Å². The van der Waals surface area contributed by atoms with Gasteiger partial charge in [0.05, 0.1) is 19.8 Å². The Labute approximate surface area is 205 Å². The van der Waals surface area contributed by atoms with E-state index >= 15 is 0 Å². The molecule has 3 aliphatic rings. The number of fused-ring (bicyclic) bond motifs is 1. The van der Waals surface area contributed by atoms with Crippen molar-refractivity contribution in [2.24, 2.45) is 0 Å². The van der Waals surface area contributed by atoms with Gasteiger partial charge in [-0.25, -0.2) is 0 Å². The quantitative estimate of drug-likeness (QED) is 0.644. The molecule has 0 unspecified atom stereocenters. The molecular formula is C27H31N3O5. The topological polar surface area (TPSA) is 88.2 Å². The average Bonchev–Trinajstić information content (AvgIpc) is 3.18. The molecule has 0 spiro atoms. The maximum atomic E-state index is 13.0. The summed E-state index contributed by atoms with van der Waals surface area (Å²) >= 11 is 0. The molecular weight excluding hydrogens is 446 g/mol. The molecule has 3 atom stereocenters. The van der Waals surface area contributed by atoms with Crippen molar-refractivity contribution in [2.45, 2.75) is 64.5 Å². The van der Waals surface area contributed by atoms with Gasteiger partial charge >= 0.3 is 0 Å². The van der Waals surface area contributed by atoms with Gasteiger partial charge in [0.15, 0.2) is 0 Å². The Kier molecular flexibility index (Phi) is 6.58. The van der Waals surface area contributed by atoms with Crippen molar-refractivity contribution in [2.75, 3.05) is 13.2 Å². The molecule has 0 saturated carbocycles. The molecule has 2 aromatic rings. The third-order valence-corrected chi connectivity index (χ3v) is 7.17. The van der Waals surface area contributed by atoms with Gasteiger partial charge in [-0.1, -0.05) is 30.3 Å². The van der Waals surface area contributed by atoms with Gasteiger partial charge in [0.25, 0.3) is 5.91 Å². The minimum Gasteiger partial charge on any atom is -0.489 e. The molecule has 3 amide bonds. The number of nitrogens with zero attached hydrogens (tertiary/aromatic N) is 2. The lowest BCUT2D eigenvalue weighted by Crippen LogP contribution is -2.52. The normalized spacial score (nSPS) is 24.9. The van der Waals surface area contributed by atoms with E-state index in [9.17, 15) is 14.4 Å². The van der Waals surface area contributed by atoms with E-state index in [1.54, 1.807) is 17.0 Å². The van der Waals surface area contributed by atoms with E-state index in [0.29, 0.717) is 43.0 Å². The van der Waals surface area contributed by atoms with E-state index in [4.69, 9.17) is 9.47 Å². The zero-order chi connectivity index (χ0) is 24.5. The van der Waals surface area contributed by atoms with Gasteiger partial charge in [0.1, 0.15) is 18.4 Å². The van der Waals surface area contributed by atoms with Gasteiger partial charge < -0.3 is 14.4 Å². The highest BCUT2D eigenvalue weighted by atomic mass is 16.5. The minimum atomic E-state index is -0.634. The van der Waals surface area contributed by atoms with Crippen LogP contribution in [-0.4, -0.2) is 58.9 Å². The highest BCUT2D eigenvalue weighted by Crippen LogP contribution is 2.34. The summed E-state index contributed by atoms with van der Waals surface area (Å²) < 4.78 is 11.8. The number of morpholine rings is 1. The maximum absolute atomic E-state index is 13.0. The van der Waals surface area contributed by atoms with Crippen LogP contribution in [0.15, 0.2) is 42.5 Å². The molecule has 1 N–H and O–H groups in total. The number of ether oxygens (including phenoxy) is 2. The molecule has 3 aliphatic heterocycles. The van der Waals surface area contributed by atoms with Crippen molar-refractivity contribution in [1.82, 2.24) is 15.1 Å². The van der Waals surface area contributed by atoms with Crippen LogP contribution in [0.5, 0.6) is 5.75 Å². The van der Waals surface area contributed by atoms with E-state index in [2.05, 4.69) is 48.3 Å². The molecule has 0 radical (unpaired) electrons. The fourth-order valence-corrected chi connectivity index (χ4v) is 5.15. The summed E-state index contributed by atoms with van der Waals surface area (Å²) in [6.07, 6.45) is 0.578. The molecule has 2 aromatic carbocycles. The van der Waals surface area contributed by atoms with Crippen molar-refractivity contribution in [3.05, 3.63) is 64.7 Å². The molecule has 5 rings (SSSR count). The summed E-state index contributed by atoms with van der Waals surface area (Å²) in [6.45, 7) is 7.49. The first-order valence-corrected chi connectivity index (χ1v) is 12.2. The highest BCUT2D eigenvalue weighted by Gasteiger charge is 2.40. The van der Waals surface area contributed by atoms with Crippen molar-refractivity contribution >= 4 is 17.7 Å². The first kappa shape index (κ1) is 23.5. The van der Waals surface area contributed by atoms with E-state index in [1.807, 2.05) is 6.07 Å². The van der Waals surface area contributed by atoms with Crippen LogP contribution in [0.25, 0.3) is 0 Å². The third kappa shape index (κ3) is 4.81. The lowest BCUT2D eigenvalue weighted by atomic mass is 10.0. The van der Waals surface area contributed by atoms with Gasteiger partial charge in [-0.15, -0.1) is 0 Å². The van der Waals surface area contributed by atoms with Crippen LogP contribution in [0, 0.1) is 0 Å². The van der Waals surface area contributed by atoms with Gasteiger partial charge in [-0.05, 0) is 43.5 Å². The number of carbonyl (C=O) groups excluding carboxylic acids is 3. The lowest BCUT2D eigenvalue weighted by molar-refractivity contribution is -0.136. The second-order valence-corrected chi connectivity index (χ2v) is 9.70. The summed E-state index contributed by atoms with van der Waals surface area (Å²) in [5.74, 6) is -0.258. The Balaban J connectivity index is 1.23. The molecule has 3 heterocycles. The molecule has 0 aliphatic carbocycles. The molecule has 2 fully saturated rings. The molecule has 8 nitrogen and oxygen atoms in total. The van der Waals surface area contributed by atoms with Crippen LogP contribution in [-0.2, 0) is 34.0 Å². The van der Waals surface area contributed by atoms with Crippen molar-refractivity contribution in [3.8, 4) is 5.75 Å². The van der Waals surface area contributed by atoms with Crippen LogP contribution in [0.3, 0.4) is 0 Å². The minimum absolute atomic E-state index is 0.198. The number of nitrogens with one attached hydrogen (secondary N) is 1. The largest absolute Gasteiger partial charge is 0.489 e. The predicted octanol–water partition coefficient (Wildman–Crippen LogP) is 2.64. The monoisotopic (exact) mass is 477 g/mol. The van der Waals surface area contributed by atoms with Gasteiger partial charge in [-0.2, -0.15) is 0 Å². The van der Waals surface area contributed by atoms with Crippen LogP contribution < -0.4 is 10.1 Å². The predicted molar refractivity (Wildman–Crippen MR) is 129 cm³/mol. The van der Waals surface area contributed by atoms with Crippen LogP contribution in [0.2, 0.25) is 0 Å². The summed E-state index contributed by atoms with van der Waals surface area (Å²) in [5, 5.41) is 2.34. The molecule has 2 saturated heterocycles. The summed E-state index contributed by atoms with van der Waals surface area (Å²) in [4.78, 5) is 40.8. The Morgan fingerprint density at radius 1 is 1.00 bits per heavy atom.